The molecule has 0 bridgehead atoms. The van der Waals surface area contributed by atoms with Gasteiger partial charge in [0.05, 0.1) is 12.7 Å². The van der Waals surface area contributed by atoms with Crippen molar-refractivity contribution in [3.8, 4) is 0 Å². The van der Waals surface area contributed by atoms with Gasteiger partial charge in [-0.3, -0.25) is 4.90 Å². The molecular weight excluding hydrogens is 214 g/mol. The lowest BCUT2D eigenvalue weighted by atomic mass is 10.2. The quantitative estimate of drug-likeness (QED) is 0.748. The fourth-order valence-electron chi connectivity index (χ4n) is 2.18. The van der Waals surface area contributed by atoms with Crippen LogP contribution in [0.5, 0.6) is 0 Å². The smallest absolute Gasteiger partial charge is 0.0829 e. The molecule has 4 heteroatoms. The molecule has 102 valence electrons. The summed E-state index contributed by atoms with van der Waals surface area (Å²) in [5.74, 6) is 0. The highest BCUT2D eigenvalue weighted by molar-refractivity contribution is 4.76. The summed E-state index contributed by atoms with van der Waals surface area (Å²) < 4.78 is 5.82. The number of rotatable bonds is 6. The second kappa shape index (κ2) is 7.31. The van der Waals surface area contributed by atoms with Gasteiger partial charge >= 0.3 is 0 Å². The molecule has 1 rings (SSSR count). The standard InChI is InChI=1S/C13H29N3O/c1-11(2)16-7-8-17-13(10-16)9-15(4)6-5-12(3)14/h11-13H,5-10,14H2,1-4H3. The highest BCUT2D eigenvalue weighted by Gasteiger charge is 2.23. The van der Waals surface area contributed by atoms with Gasteiger partial charge in [-0.25, -0.2) is 0 Å². The van der Waals surface area contributed by atoms with E-state index in [2.05, 4.69) is 37.6 Å². The van der Waals surface area contributed by atoms with Crippen molar-refractivity contribution in [2.24, 2.45) is 5.73 Å². The van der Waals surface area contributed by atoms with Crippen LogP contribution in [0.15, 0.2) is 0 Å². The molecule has 0 aromatic heterocycles. The third-order valence-electron chi connectivity index (χ3n) is 3.38. The molecule has 2 atom stereocenters. The predicted molar refractivity (Wildman–Crippen MR) is 72.2 cm³/mol. The molecule has 2 unspecified atom stereocenters. The maximum Gasteiger partial charge on any atom is 0.0829 e. The normalized spacial score (nSPS) is 24.5. The van der Waals surface area contributed by atoms with E-state index < -0.39 is 0 Å². The summed E-state index contributed by atoms with van der Waals surface area (Å²) >= 11 is 0. The molecule has 0 aromatic rings. The Bertz CT molecular complexity index is 209. The van der Waals surface area contributed by atoms with E-state index in [9.17, 15) is 0 Å². The van der Waals surface area contributed by atoms with E-state index in [-0.39, 0.29) is 6.04 Å². The minimum atomic E-state index is 0.289. The highest BCUT2D eigenvalue weighted by Crippen LogP contribution is 2.09. The van der Waals surface area contributed by atoms with Crippen LogP contribution in [0.3, 0.4) is 0 Å². The van der Waals surface area contributed by atoms with Gasteiger partial charge in [-0.15, -0.1) is 0 Å². The van der Waals surface area contributed by atoms with Crippen LogP contribution in [0.4, 0.5) is 0 Å². The predicted octanol–water partition coefficient (Wildman–Crippen LogP) is 0.765. The second-order valence-corrected chi connectivity index (χ2v) is 5.61. The molecule has 1 fully saturated rings. The van der Waals surface area contributed by atoms with Crippen molar-refractivity contribution in [2.75, 3.05) is 39.8 Å². The van der Waals surface area contributed by atoms with Crippen molar-refractivity contribution in [2.45, 2.75) is 45.4 Å². The summed E-state index contributed by atoms with van der Waals surface area (Å²) in [6, 6.07) is 0.910. The van der Waals surface area contributed by atoms with Gasteiger partial charge in [-0.1, -0.05) is 0 Å². The van der Waals surface area contributed by atoms with E-state index in [4.69, 9.17) is 10.5 Å². The van der Waals surface area contributed by atoms with Crippen LogP contribution in [-0.2, 0) is 4.74 Å². The van der Waals surface area contributed by atoms with Gasteiger partial charge in [0.25, 0.3) is 0 Å². The molecule has 0 radical (unpaired) electrons. The van der Waals surface area contributed by atoms with Crippen molar-refractivity contribution < 1.29 is 4.74 Å². The van der Waals surface area contributed by atoms with E-state index in [1.165, 1.54) is 0 Å². The van der Waals surface area contributed by atoms with E-state index in [0.717, 1.165) is 39.2 Å². The molecule has 0 spiro atoms. The summed E-state index contributed by atoms with van der Waals surface area (Å²) in [5, 5.41) is 0. The van der Waals surface area contributed by atoms with E-state index >= 15 is 0 Å². The molecule has 1 saturated heterocycles. The van der Waals surface area contributed by atoms with Gasteiger partial charge in [0.1, 0.15) is 0 Å². The van der Waals surface area contributed by atoms with Crippen molar-refractivity contribution in [3.63, 3.8) is 0 Å². The van der Waals surface area contributed by atoms with Crippen LogP contribution in [-0.4, -0.2) is 67.8 Å². The average molecular weight is 243 g/mol. The van der Waals surface area contributed by atoms with Crippen LogP contribution in [0.2, 0.25) is 0 Å². The molecule has 0 amide bonds. The zero-order chi connectivity index (χ0) is 12.8. The molecule has 0 aliphatic carbocycles. The van der Waals surface area contributed by atoms with Gasteiger partial charge < -0.3 is 15.4 Å². The third kappa shape index (κ3) is 5.82. The average Bonchev–Trinajstić information content (AvgIpc) is 2.26. The van der Waals surface area contributed by atoms with E-state index in [1.807, 2.05) is 0 Å². The first-order valence-electron chi connectivity index (χ1n) is 6.78. The Morgan fingerprint density at radius 1 is 1.41 bits per heavy atom. The Balaban J connectivity index is 2.25. The monoisotopic (exact) mass is 243 g/mol. The maximum absolute atomic E-state index is 5.82. The van der Waals surface area contributed by atoms with Crippen LogP contribution in [0.1, 0.15) is 27.2 Å². The Kier molecular flexibility index (Phi) is 6.41. The number of hydrogen-bond donors (Lipinski definition) is 1. The Morgan fingerprint density at radius 3 is 2.71 bits per heavy atom. The van der Waals surface area contributed by atoms with Gasteiger partial charge in [0.15, 0.2) is 0 Å². The molecule has 0 saturated carbocycles. The number of hydrogen-bond acceptors (Lipinski definition) is 4. The lowest BCUT2D eigenvalue weighted by molar-refractivity contribution is -0.0496. The van der Waals surface area contributed by atoms with Crippen LogP contribution >= 0.6 is 0 Å². The topological polar surface area (TPSA) is 41.7 Å². The molecule has 4 nitrogen and oxygen atoms in total. The van der Waals surface area contributed by atoms with Gasteiger partial charge in [0.2, 0.25) is 0 Å². The second-order valence-electron chi connectivity index (χ2n) is 5.61. The highest BCUT2D eigenvalue weighted by atomic mass is 16.5. The van der Waals surface area contributed by atoms with Crippen LogP contribution in [0.25, 0.3) is 0 Å². The number of morpholine rings is 1. The summed E-state index contributed by atoms with van der Waals surface area (Å²) in [5.41, 5.74) is 5.77. The van der Waals surface area contributed by atoms with Crippen molar-refractivity contribution >= 4 is 0 Å². The van der Waals surface area contributed by atoms with Crippen molar-refractivity contribution in [1.29, 1.82) is 0 Å². The van der Waals surface area contributed by atoms with Gasteiger partial charge in [-0.05, 0) is 40.8 Å². The first-order valence-corrected chi connectivity index (χ1v) is 6.78. The van der Waals surface area contributed by atoms with E-state index in [0.29, 0.717) is 12.1 Å². The molecule has 0 aromatic carbocycles. The first kappa shape index (κ1) is 14.9. The first-order chi connectivity index (χ1) is 7.99. The third-order valence-corrected chi connectivity index (χ3v) is 3.38. The van der Waals surface area contributed by atoms with Gasteiger partial charge in [0, 0.05) is 31.7 Å². The molecule has 1 heterocycles. The van der Waals surface area contributed by atoms with Crippen LogP contribution < -0.4 is 5.73 Å². The fourth-order valence-corrected chi connectivity index (χ4v) is 2.18. The van der Waals surface area contributed by atoms with Crippen molar-refractivity contribution in [3.05, 3.63) is 0 Å². The lowest BCUT2D eigenvalue weighted by Gasteiger charge is -2.37. The Morgan fingerprint density at radius 2 is 2.12 bits per heavy atom. The minimum Gasteiger partial charge on any atom is -0.374 e. The molecular formula is C13H29N3O. The zero-order valence-electron chi connectivity index (χ0n) is 11.9. The molecule has 2 N–H and O–H groups in total. The summed E-state index contributed by atoms with van der Waals surface area (Å²) in [7, 11) is 2.15. The number of likely N-dealkylation sites (N-methyl/N-ethyl adjacent to an activating group) is 1. The number of nitrogens with two attached hydrogens (primary N) is 1. The summed E-state index contributed by atoms with van der Waals surface area (Å²) in [6.45, 7) is 11.6. The van der Waals surface area contributed by atoms with Crippen molar-refractivity contribution in [1.82, 2.24) is 9.80 Å². The SMILES string of the molecule is CC(N)CCN(C)CC1CN(C(C)C)CCO1. The molecule has 1 aliphatic rings. The van der Waals surface area contributed by atoms with Crippen LogP contribution in [0, 0.1) is 0 Å². The molecule has 1 aliphatic heterocycles. The number of ether oxygens (including phenoxy) is 1. The Labute approximate surface area is 106 Å². The van der Waals surface area contributed by atoms with Gasteiger partial charge in [-0.2, -0.15) is 0 Å². The lowest BCUT2D eigenvalue weighted by Crippen LogP contribution is -2.49. The summed E-state index contributed by atoms with van der Waals surface area (Å²) in [6.07, 6.45) is 1.40. The summed E-state index contributed by atoms with van der Waals surface area (Å²) in [4.78, 5) is 4.82. The van der Waals surface area contributed by atoms with E-state index in [1.54, 1.807) is 0 Å². The Hall–Kier alpha value is -0.160. The minimum absolute atomic E-state index is 0.289. The molecule has 17 heavy (non-hydrogen) atoms. The largest absolute Gasteiger partial charge is 0.374 e. The zero-order valence-corrected chi connectivity index (χ0v) is 11.9. The number of nitrogens with zero attached hydrogens (tertiary/aromatic N) is 2. The maximum atomic E-state index is 5.82. The fraction of sp³-hybridized carbons (Fsp3) is 1.00.